The summed E-state index contributed by atoms with van der Waals surface area (Å²) < 4.78 is 0. The molecule has 1 aromatic rings. The van der Waals surface area contributed by atoms with Gasteiger partial charge < -0.3 is 15.3 Å². The van der Waals surface area contributed by atoms with Gasteiger partial charge in [0.25, 0.3) is 5.91 Å². The summed E-state index contributed by atoms with van der Waals surface area (Å²) in [6, 6.07) is 7.01. The van der Waals surface area contributed by atoms with Gasteiger partial charge in [-0.3, -0.25) is 19.3 Å². The van der Waals surface area contributed by atoms with Crippen molar-refractivity contribution in [3.63, 3.8) is 0 Å². The maximum absolute atomic E-state index is 12.5. The first kappa shape index (κ1) is 19.4. The van der Waals surface area contributed by atoms with Crippen LogP contribution in [-0.2, 0) is 9.59 Å². The summed E-state index contributed by atoms with van der Waals surface area (Å²) in [4.78, 5) is 39.7. The van der Waals surface area contributed by atoms with Gasteiger partial charge in [0.15, 0.2) is 0 Å². The first-order valence-electron chi connectivity index (χ1n) is 9.57. The number of aliphatic carboxylic acids is 1. The molecule has 27 heavy (non-hydrogen) atoms. The van der Waals surface area contributed by atoms with E-state index in [1.807, 2.05) is 31.2 Å². The molecule has 0 unspecified atom stereocenters. The Morgan fingerprint density at radius 2 is 1.81 bits per heavy atom. The largest absolute Gasteiger partial charge is 0.480 e. The molecule has 146 valence electrons. The number of carbonyl (C=O) groups excluding carboxylic acids is 2. The van der Waals surface area contributed by atoms with E-state index < -0.39 is 12.0 Å². The summed E-state index contributed by atoms with van der Waals surface area (Å²) in [7, 11) is 0. The molecular formula is C20H27N3O4. The van der Waals surface area contributed by atoms with E-state index in [0.29, 0.717) is 44.5 Å². The van der Waals surface area contributed by atoms with Crippen molar-refractivity contribution in [3.8, 4) is 0 Å². The van der Waals surface area contributed by atoms with Crippen molar-refractivity contribution in [2.45, 2.75) is 44.7 Å². The number of carboxylic acids is 1. The molecule has 2 heterocycles. The third kappa shape index (κ3) is 4.66. The lowest BCUT2D eigenvalue weighted by Gasteiger charge is -2.34. The number of nitrogens with one attached hydrogen (secondary N) is 1. The van der Waals surface area contributed by atoms with Gasteiger partial charge in [-0.15, -0.1) is 0 Å². The number of likely N-dealkylation sites (tertiary alicyclic amines) is 2. The Hall–Kier alpha value is -2.41. The van der Waals surface area contributed by atoms with Crippen LogP contribution >= 0.6 is 0 Å². The molecule has 2 N–H and O–H groups in total. The van der Waals surface area contributed by atoms with Crippen LogP contribution < -0.4 is 5.32 Å². The van der Waals surface area contributed by atoms with E-state index in [9.17, 15) is 19.5 Å². The van der Waals surface area contributed by atoms with Crippen LogP contribution in [0.25, 0.3) is 0 Å². The molecule has 2 aliphatic rings. The van der Waals surface area contributed by atoms with Crippen molar-refractivity contribution in [3.05, 3.63) is 35.4 Å². The van der Waals surface area contributed by atoms with E-state index in [2.05, 4.69) is 5.32 Å². The zero-order chi connectivity index (χ0) is 19.4. The van der Waals surface area contributed by atoms with Crippen molar-refractivity contribution in [1.29, 1.82) is 0 Å². The fraction of sp³-hybridized carbons (Fsp3) is 0.550. The molecule has 0 aromatic heterocycles. The van der Waals surface area contributed by atoms with Gasteiger partial charge in [-0.2, -0.15) is 0 Å². The van der Waals surface area contributed by atoms with Gasteiger partial charge in [0, 0.05) is 24.7 Å². The summed E-state index contributed by atoms with van der Waals surface area (Å²) in [6.07, 6.45) is 2.85. The molecule has 0 saturated carbocycles. The van der Waals surface area contributed by atoms with Crippen LogP contribution in [0.5, 0.6) is 0 Å². The minimum atomic E-state index is -0.849. The zero-order valence-corrected chi connectivity index (χ0v) is 15.7. The standard InChI is InChI=1S/C20H27N3O4/c1-14-5-2-3-6-16(14)19(25)21-15-8-11-22(12-9-15)18(24)13-23-10-4-7-17(23)20(26)27/h2-3,5-6,15,17H,4,7-13H2,1H3,(H,21,25)(H,26,27)/t17-/m0/s1. The van der Waals surface area contributed by atoms with Crippen LogP contribution in [0.3, 0.4) is 0 Å². The van der Waals surface area contributed by atoms with Gasteiger partial charge in [0.05, 0.1) is 6.54 Å². The number of carboxylic acid groups (broad SMARTS) is 1. The van der Waals surface area contributed by atoms with Gasteiger partial charge in [-0.1, -0.05) is 18.2 Å². The molecule has 2 aliphatic heterocycles. The van der Waals surface area contributed by atoms with Gasteiger partial charge >= 0.3 is 5.97 Å². The predicted octanol–water partition coefficient (Wildman–Crippen LogP) is 1.26. The Morgan fingerprint density at radius 3 is 2.48 bits per heavy atom. The number of piperidine rings is 1. The van der Waals surface area contributed by atoms with Gasteiger partial charge in [-0.05, 0) is 50.8 Å². The second kappa shape index (κ2) is 8.52. The molecule has 2 fully saturated rings. The second-order valence-electron chi connectivity index (χ2n) is 7.41. The molecule has 1 aromatic carbocycles. The van der Waals surface area contributed by atoms with E-state index >= 15 is 0 Å². The number of benzene rings is 1. The zero-order valence-electron chi connectivity index (χ0n) is 15.7. The van der Waals surface area contributed by atoms with Crippen molar-refractivity contribution < 1.29 is 19.5 Å². The smallest absolute Gasteiger partial charge is 0.320 e. The van der Waals surface area contributed by atoms with Crippen LogP contribution in [0.15, 0.2) is 24.3 Å². The van der Waals surface area contributed by atoms with Gasteiger partial charge in [0.2, 0.25) is 5.91 Å². The average molecular weight is 373 g/mol. The average Bonchev–Trinajstić information content (AvgIpc) is 3.11. The van der Waals surface area contributed by atoms with E-state index in [-0.39, 0.29) is 24.4 Å². The summed E-state index contributed by atoms with van der Waals surface area (Å²) in [5.41, 5.74) is 1.63. The Bertz CT molecular complexity index is 713. The lowest BCUT2D eigenvalue weighted by molar-refractivity contribution is -0.143. The van der Waals surface area contributed by atoms with Crippen LogP contribution in [0.4, 0.5) is 0 Å². The number of aryl methyl sites for hydroxylation is 1. The van der Waals surface area contributed by atoms with Crippen molar-refractivity contribution in [2.24, 2.45) is 0 Å². The SMILES string of the molecule is Cc1ccccc1C(=O)NC1CCN(C(=O)CN2CCC[C@H]2C(=O)O)CC1. The Morgan fingerprint density at radius 1 is 1.11 bits per heavy atom. The summed E-state index contributed by atoms with van der Waals surface area (Å²) in [5.74, 6) is -0.941. The monoisotopic (exact) mass is 373 g/mol. The minimum absolute atomic E-state index is 0.0215. The van der Waals surface area contributed by atoms with Crippen LogP contribution in [-0.4, -0.2) is 71.0 Å². The lowest BCUT2D eigenvalue weighted by atomic mass is 10.0. The van der Waals surface area contributed by atoms with Gasteiger partial charge in [0.1, 0.15) is 6.04 Å². The molecule has 0 aliphatic carbocycles. The highest BCUT2D eigenvalue weighted by molar-refractivity contribution is 5.95. The van der Waals surface area contributed by atoms with Crippen LogP contribution in [0.2, 0.25) is 0 Å². The molecule has 7 nitrogen and oxygen atoms in total. The number of hydrogen-bond acceptors (Lipinski definition) is 4. The lowest BCUT2D eigenvalue weighted by Crippen LogP contribution is -2.50. The normalized spacial score (nSPS) is 21.2. The molecule has 2 saturated heterocycles. The molecular weight excluding hydrogens is 346 g/mol. The van der Waals surface area contributed by atoms with E-state index in [0.717, 1.165) is 12.0 Å². The Labute approximate surface area is 159 Å². The first-order valence-corrected chi connectivity index (χ1v) is 9.57. The molecule has 7 heteroatoms. The molecule has 1 atom stereocenters. The number of amides is 2. The summed E-state index contributed by atoms with van der Waals surface area (Å²) in [5, 5.41) is 12.3. The second-order valence-corrected chi connectivity index (χ2v) is 7.41. The summed E-state index contributed by atoms with van der Waals surface area (Å²) in [6.45, 7) is 3.91. The highest BCUT2D eigenvalue weighted by Gasteiger charge is 2.33. The third-order valence-electron chi connectivity index (χ3n) is 5.56. The fourth-order valence-electron chi connectivity index (χ4n) is 3.93. The molecule has 2 amide bonds. The number of rotatable bonds is 5. The number of nitrogens with zero attached hydrogens (tertiary/aromatic N) is 2. The van der Waals surface area contributed by atoms with E-state index in [1.54, 1.807) is 9.80 Å². The van der Waals surface area contributed by atoms with Crippen molar-refractivity contribution in [2.75, 3.05) is 26.2 Å². The first-order chi connectivity index (χ1) is 13.0. The highest BCUT2D eigenvalue weighted by atomic mass is 16.4. The minimum Gasteiger partial charge on any atom is -0.480 e. The molecule has 0 bridgehead atoms. The van der Waals surface area contributed by atoms with E-state index in [1.165, 1.54) is 0 Å². The number of hydrogen-bond donors (Lipinski definition) is 2. The molecule has 3 rings (SSSR count). The maximum atomic E-state index is 12.5. The van der Waals surface area contributed by atoms with Gasteiger partial charge in [-0.25, -0.2) is 0 Å². The van der Waals surface area contributed by atoms with Crippen LogP contribution in [0, 0.1) is 6.92 Å². The van der Waals surface area contributed by atoms with Crippen molar-refractivity contribution in [1.82, 2.24) is 15.1 Å². The third-order valence-corrected chi connectivity index (χ3v) is 5.56. The van der Waals surface area contributed by atoms with Crippen LogP contribution in [0.1, 0.15) is 41.6 Å². The maximum Gasteiger partial charge on any atom is 0.320 e. The topological polar surface area (TPSA) is 90.0 Å². The highest BCUT2D eigenvalue weighted by Crippen LogP contribution is 2.18. The Kier molecular flexibility index (Phi) is 6.11. The quantitative estimate of drug-likeness (QED) is 0.811. The molecule has 0 spiro atoms. The van der Waals surface area contributed by atoms with E-state index in [4.69, 9.17) is 0 Å². The predicted molar refractivity (Wildman–Crippen MR) is 100 cm³/mol. The fourth-order valence-corrected chi connectivity index (χ4v) is 3.93. The molecule has 0 radical (unpaired) electrons. The number of carbonyl (C=O) groups is 3. The van der Waals surface area contributed by atoms with Crippen molar-refractivity contribution >= 4 is 17.8 Å². The Balaban J connectivity index is 1.47. The summed E-state index contributed by atoms with van der Waals surface area (Å²) >= 11 is 0.